The maximum Gasteiger partial charge on any atom is 0.0594 e. The van der Waals surface area contributed by atoms with Crippen LogP contribution in [0, 0.1) is 39.4 Å². The molecular formula is C30H53NO. The summed E-state index contributed by atoms with van der Waals surface area (Å²) in [6, 6.07) is 0. The molecule has 0 amide bonds. The van der Waals surface area contributed by atoms with Gasteiger partial charge in [-0.1, -0.05) is 65.5 Å². The van der Waals surface area contributed by atoms with Crippen LogP contribution in [0.15, 0.2) is 11.1 Å². The second-order valence-corrected chi connectivity index (χ2v) is 14.6. The van der Waals surface area contributed by atoms with E-state index >= 15 is 0 Å². The average Bonchev–Trinajstić information content (AvgIpc) is 2.96. The molecule has 184 valence electrons. The van der Waals surface area contributed by atoms with Crippen molar-refractivity contribution >= 4 is 0 Å². The molecule has 0 spiro atoms. The van der Waals surface area contributed by atoms with Gasteiger partial charge in [-0.2, -0.15) is 0 Å². The van der Waals surface area contributed by atoms with E-state index in [1.54, 1.807) is 0 Å². The first kappa shape index (κ1) is 24.8. The number of hydrogen-bond donors (Lipinski definition) is 2. The van der Waals surface area contributed by atoms with Gasteiger partial charge >= 0.3 is 0 Å². The molecule has 0 radical (unpaired) electrons. The van der Waals surface area contributed by atoms with Crippen molar-refractivity contribution < 1.29 is 5.11 Å². The van der Waals surface area contributed by atoms with Gasteiger partial charge in [0.05, 0.1) is 6.10 Å². The topological polar surface area (TPSA) is 46.2 Å². The van der Waals surface area contributed by atoms with Crippen LogP contribution < -0.4 is 5.73 Å². The quantitative estimate of drug-likeness (QED) is 0.429. The Bertz CT molecular complexity index is 759. The second-order valence-electron chi connectivity index (χ2n) is 14.6. The van der Waals surface area contributed by atoms with Crippen molar-refractivity contribution in [3.05, 3.63) is 11.1 Å². The molecule has 2 fully saturated rings. The van der Waals surface area contributed by atoms with Gasteiger partial charge in [-0.15, -0.1) is 0 Å². The van der Waals surface area contributed by atoms with Crippen LogP contribution in [0.1, 0.15) is 126 Å². The van der Waals surface area contributed by atoms with Crippen LogP contribution in [0.4, 0.5) is 0 Å². The third-order valence-electron chi connectivity index (χ3n) is 12.0. The van der Waals surface area contributed by atoms with Crippen molar-refractivity contribution in [3.63, 3.8) is 0 Å². The van der Waals surface area contributed by atoms with Gasteiger partial charge in [0.2, 0.25) is 0 Å². The zero-order valence-corrected chi connectivity index (χ0v) is 22.6. The monoisotopic (exact) mass is 443 g/mol. The Labute approximate surface area is 199 Å². The van der Waals surface area contributed by atoms with E-state index in [2.05, 4.69) is 55.4 Å². The van der Waals surface area contributed by atoms with E-state index < -0.39 is 0 Å². The summed E-state index contributed by atoms with van der Waals surface area (Å²) in [5.74, 6) is 2.26. The molecule has 2 heteroatoms. The lowest BCUT2D eigenvalue weighted by molar-refractivity contribution is -0.0962. The number of rotatable bonds is 5. The second kappa shape index (κ2) is 7.84. The largest absolute Gasteiger partial charge is 0.393 e. The van der Waals surface area contributed by atoms with E-state index in [1.165, 1.54) is 57.8 Å². The Kier molecular flexibility index (Phi) is 6.07. The Hall–Kier alpha value is -0.340. The lowest BCUT2D eigenvalue weighted by Gasteiger charge is -2.62. The van der Waals surface area contributed by atoms with Gasteiger partial charge < -0.3 is 10.8 Å². The Morgan fingerprint density at radius 3 is 2.31 bits per heavy atom. The van der Waals surface area contributed by atoms with E-state index in [-0.39, 0.29) is 17.1 Å². The first-order valence-electron chi connectivity index (χ1n) is 13.9. The minimum absolute atomic E-state index is 0.0339. The fraction of sp³-hybridized carbons (Fsp3) is 0.933. The first-order valence-corrected chi connectivity index (χ1v) is 13.9. The van der Waals surface area contributed by atoms with Crippen LogP contribution in [0.25, 0.3) is 0 Å². The standard InChI is InChI=1S/C30H53NO/c1-20(10-9-16-26(2,3)31)21-13-18-30(8)23-11-12-24-27(4,5)25(32)15-17-28(24,6)22(23)14-19-29(21,30)7/h20-21,24-25,32H,9-19,31H2,1-8H3/t20-,21?,24?,25+,28-,29-,30+/m1/s1. The predicted molar refractivity (Wildman–Crippen MR) is 136 cm³/mol. The Morgan fingerprint density at radius 1 is 0.969 bits per heavy atom. The van der Waals surface area contributed by atoms with Crippen molar-refractivity contribution in [2.24, 2.45) is 45.1 Å². The van der Waals surface area contributed by atoms with Crippen LogP contribution in [0.5, 0.6) is 0 Å². The maximum atomic E-state index is 10.8. The molecule has 4 aliphatic rings. The van der Waals surface area contributed by atoms with Crippen LogP contribution in [0.2, 0.25) is 0 Å². The maximum absolute atomic E-state index is 10.8. The number of hydrogen-bond acceptors (Lipinski definition) is 2. The van der Waals surface area contributed by atoms with E-state index in [1.807, 2.05) is 11.1 Å². The van der Waals surface area contributed by atoms with Crippen molar-refractivity contribution in [2.75, 3.05) is 0 Å². The van der Waals surface area contributed by atoms with Crippen LogP contribution in [0.3, 0.4) is 0 Å². The van der Waals surface area contributed by atoms with Crippen molar-refractivity contribution in [2.45, 2.75) is 138 Å². The molecule has 2 unspecified atom stereocenters. The summed E-state index contributed by atoms with van der Waals surface area (Å²) >= 11 is 0. The molecule has 4 aliphatic carbocycles. The molecule has 2 nitrogen and oxygen atoms in total. The molecule has 0 heterocycles. The zero-order chi connectivity index (χ0) is 23.7. The van der Waals surface area contributed by atoms with Gasteiger partial charge in [0.1, 0.15) is 0 Å². The first-order chi connectivity index (χ1) is 14.7. The summed E-state index contributed by atoms with van der Waals surface area (Å²) in [7, 11) is 0. The molecule has 0 aromatic carbocycles. The summed E-state index contributed by atoms with van der Waals surface area (Å²) in [6.07, 6.45) is 13.8. The molecular weight excluding hydrogens is 390 g/mol. The highest BCUT2D eigenvalue weighted by molar-refractivity contribution is 5.38. The number of fused-ring (bicyclic) bond motifs is 4. The van der Waals surface area contributed by atoms with Gasteiger partial charge in [0, 0.05) is 5.54 Å². The van der Waals surface area contributed by atoms with Crippen molar-refractivity contribution in [1.29, 1.82) is 0 Å². The van der Waals surface area contributed by atoms with Gasteiger partial charge in [-0.05, 0) is 111 Å². The SMILES string of the molecule is C[C@H](CCCC(C)(C)N)C1CC[C@@]2(C)C3=C(CC[C@]12C)[C@@]1(C)CC[C@H](O)C(C)(C)C1CC3. The predicted octanol–water partition coefficient (Wildman–Crippen LogP) is 7.64. The summed E-state index contributed by atoms with van der Waals surface area (Å²) in [4.78, 5) is 0. The van der Waals surface area contributed by atoms with E-state index in [4.69, 9.17) is 5.73 Å². The third kappa shape index (κ3) is 3.57. The number of nitrogens with two attached hydrogens (primary N) is 1. The van der Waals surface area contributed by atoms with Gasteiger partial charge in [0.15, 0.2) is 0 Å². The molecule has 3 N–H and O–H groups in total. The molecule has 4 rings (SSSR count). The molecule has 0 saturated heterocycles. The summed E-state index contributed by atoms with van der Waals surface area (Å²) in [5, 5.41) is 10.8. The average molecular weight is 444 g/mol. The molecule has 0 aromatic rings. The zero-order valence-electron chi connectivity index (χ0n) is 22.6. The van der Waals surface area contributed by atoms with Crippen LogP contribution in [-0.4, -0.2) is 16.7 Å². The van der Waals surface area contributed by atoms with Gasteiger partial charge in [0.25, 0.3) is 0 Å². The van der Waals surface area contributed by atoms with Gasteiger partial charge in [-0.25, -0.2) is 0 Å². The minimum Gasteiger partial charge on any atom is -0.393 e. The van der Waals surface area contributed by atoms with Crippen LogP contribution in [-0.2, 0) is 0 Å². The van der Waals surface area contributed by atoms with E-state index in [9.17, 15) is 5.11 Å². The normalized spacial score (nSPS) is 44.6. The molecule has 32 heavy (non-hydrogen) atoms. The summed E-state index contributed by atoms with van der Waals surface area (Å²) in [6.45, 7) is 19.5. The minimum atomic E-state index is -0.137. The Balaban J connectivity index is 1.60. The van der Waals surface area contributed by atoms with Crippen molar-refractivity contribution in [1.82, 2.24) is 0 Å². The highest BCUT2D eigenvalue weighted by Gasteiger charge is 2.63. The smallest absolute Gasteiger partial charge is 0.0594 e. The third-order valence-corrected chi connectivity index (χ3v) is 12.0. The van der Waals surface area contributed by atoms with Crippen molar-refractivity contribution in [3.8, 4) is 0 Å². The fourth-order valence-corrected chi connectivity index (χ4v) is 9.71. The summed E-state index contributed by atoms with van der Waals surface area (Å²) < 4.78 is 0. The fourth-order valence-electron chi connectivity index (χ4n) is 9.71. The molecule has 0 aromatic heterocycles. The number of aliphatic hydroxyl groups excluding tert-OH is 1. The number of aliphatic hydroxyl groups is 1. The van der Waals surface area contributed by atoms with Gasteiger partial charge in [-0.3, -0.25) is 0 Å². The lowest BCUT2D eigenvalue weighted by atomic mass is 9.43. The van der Waals surface area contributed by atoms with E-state index in [0.29, 0.717) is 22.2 Å². The molecule has 7 atom stereocenters. The lowest BCUT2D eigenvalue weighted by Crippen LogP contribution is -2.55. The molecule has 0 bridgehead atoms. The highest BCUT2D eigenvalue weighted by atomic mass is 16.3. The number of allylic oxidation sites excluding steroid dienone is 2. The molecule has 0 aliphatic heterocycles. The highest BCUT2D eigenvalue weighted by Crippen LogP contribution is 2.72. The summed E-state index contributed by atoms with van der Waals surface area (Å²) in [5.41, 5.74) is 11.1. The molecule has 2 saturated carbocycles. The van der Waals surface area contributed by atoms with Crippen LogP contribution >= 0.6 is 0 Å². The Morgan fingerprint density at radius 2 is 1.66 bits per heavy atom. The van der Waals surface area contributed by atoms with E-state index in [0.717, 1.165) is 24.7 Å².